The number of hydrogen-bond donors (Lipinski definition) is 2. The van der Waals surface area contributed by atoms with Gasteiger partial charge in [0.2, 0.25) is 0 Å². The quantitative estimate of drug-likeness (QED) is 0.233. The van der Waals surface area contributed by atoms with Crippen molar-refractivity contribution in [3.63, 3.8) is 0 Å². The maximum Gasteiger partial charge on any atom is 0.303 e. The van der Waals surface area contributed by atoms with Crippen LogP contribution in [0.4, 0.5) is 17.6 Å². The molecule has 10 heteroatoms. The monoisotopic (exact) mass is 548 g/mol. The van der Waals surface area contributed by atoms with Crippen molar-refractivity contribution >= 4 is 16.9 Å². The molecular weight excluding hydrogens is 516 g/mol. The van der Waals surface area contributed by atoms with Gasteiger partial charge in [-0.3, -0.25) is 9.78 Å². The normalized spacial score (nSPS) is 16.4. The first-order valence-corrected chi connectivity index (χ1v) is 13.0. The van der Waals surface area contributed by atoms with Gasteiger partial charge in [0.15, 0.2) is 11.6 Å². The largest absolute Gasteiger partial charge is 0.497 e. The fraction of sp³-hybridized carbons (Fsp3) is 0.448. The molecule has 2 heterocycles. The summed E-state index contributed by atoms with van der Waals surface area (Å²) in [5, 5.41) is 21.1. The van der Waals surface area contributed by atoms with Gasteiger partial charge < -0.3 is 19.8 Å². The molecule has 3 aromatic rings. The number of piperidine rings is 1. The minimum absolute atomic E-state index is 0.00721. The lowest BCUT2D eigenvalue weighted by Crippen LogP contribution is -2.41. The number of carboxylic acid groups (broad SMARTS) is 1. The van der Waals surface area contributed by atoms with Gasteiger partial charge in [0.05, 0.1) is 31.3 Å². The Morgan fingerprint density at radius 2 is 1.87 bits per heavy atom. The fourth-order valence-electron chi connectivity index (χ4n) is 5.59. The van der Waals surface area contributed by atoms with Crippen LogP contribution < -0.4 is 4.74 Å². The molecule has 1 fully saturated rings. The van der Waals surface area contributed by atoms with E-state index in [9.17, 15) is 32.6 Å². The number of fused-ring (bicyclic) bond motifs is 1. The van der Waals surface area contributed by atoms with Crippen LogP contribution in [0.3, 0.4) is 0 Å². The first kappa shape index (κ1) is 28.8. The molecule has 0 amide bonds. The van der Waals surface area contributed by atoms with E-state index < -0.39 is 40.8 Å². The number of rotatable bonds is 11. The number of benzene rings is 2. The van der Waals surface area contributed by atoms with Crippen LogP contribution in [0.5, 0.6) is 5.75 Å². The SMILES string of the molecule is COc1ccc2ncc(F)c([C@H](O)CCC3(CC(=O)O)CCN(CCCc4cc(F)cc(F)c4F)CC3)c2c1. The summed E-state index contributed by atoms with van der Waals surface area (Å²) in [6.07, 6.45) is 2.18. The van der Waals surface area contributed by atoms with E-state index in [-0.39, 0.29) is 30.4 Å². The van der Waals surface area contributed by atoms with Crippen LogP contribution in [0.1, 0.15) is 55.8 Å². The fourth-order valence-corrected chi connectivity index (χ4v) is 5.59. The number of aromatic nitrogens is 1. The van der Waals surface area contributed by atoms with Crippen LogP contribution >= 0.6 is 0 Å². The van der Waals surface area contributed by atoms with Gasteiger partial charge in [-0.1, -0.05) is 0 Å². The Balaban J connectivity index is 1.39. The van der Waals surface area contributed by atoms with Gasteiger partial charge in [0.25, 0.3) is 0 Å². The molecule has 1 saturated heterocycles. The van der Waals surface area contributed by atoms with Crippen molar-refractivity contribution in [3.05, 3.63) is 70.9 Å². The number of likely N-dealkylation sites (tertiary alicyclic amines) is 1. The number of aliphatic carboxylic acids is 1. The summed E-state index contributed by atoms with van der Waals surface area (Å²) in [4.78, 5) is 17.9. The van der Waals surface area contributed by atoms with Crippen LogP contribution in [0.25, 0.3) is 10.9 Å². The Morgan fingerprint density at radius 3 is 2.56 bits per heavy atom. The van der Waals surface area contributed by atoms with Crippen LogP contribution in [0.2, 0.25) is 0 Å². The number of nitrogens with zero attached hydrogens (tertiary/aromatic N) is 2. The summed E-state index contributed by atoms with van der Waals surface area (Å²) in [7, 11) is 1.49. The van der Waals surface area contributed by atoms with E-state index in [0.717, 1.165) is 12.3 Å². The third kappa shape index (κ3) is 6.86. The molecule has 0 unspecified atom stereocenters. The summed E-state index contributed by atoms with van der Waals surface area (Å²) in [6.45, 7) is 1.75. The highest BCUT2D eigenvalue weighted by Crippen LogP contribution is 2.42. The maximum absolute atomic E-state index is 14.8. The summed E-state index contributed by atoms with van der Waals surface area (Å²) in [5.74, 6) is -4.13. The van der Waals surface area contributed by atoms with Crippen molar-refractivity contribution < 1.29 is 37.3 Å². The summed E-state index contributed by atoms with van der Waals surface area (Å²) in [6, 6.07) is 6.53. The molecule has 2 aromatic carbocycles. The smallest absolute Gasteiger partial charge is 0.303 e. The standard InChI is InChI=1S/C29H32F4N2O4/c1-39-20-4-5-24-21(15-20)27(23(32)17-34-24)25(36)6-7-29(16-26(37)38)8-11-35(12-9-29)10-2-3-18-13-19(30)14-22(31)28(18)33/h4-5,13-15,17,25,36H,2-3,6-12,16H2,1H3,(H,37,38)/t25-/m1/s1. The molecule has 210 valence electrons. The minimum atomic E-state index is -1.21. The van der Waals surface area contributed by atoms with Crippen molar-refractivity contribution in [1.82, 2.24) is 9.88 Å². The second kappa shape index (κ2) is 12.3. The third-order valence-electron chi connectivity index (χ3n) is 7.78. The molecule has 0 saturated carbocycles. The number of methoxy groups -OCH3 is 1. The van der Waals surface area contributed by atoms with Crippen LogP contribution in [0.15, 0.2) is 36.5 Å². The number of aryl methyl sites for hydroxylation is 1. The highest BCUT2D eigenvalue weighted by atomic mass is 19.2. The zero-order valence-corrected chi connectivity index (χ0v) is 21.7. The van der Waals surface area contributed by atoms with E-state index in [2.05, 4.69) is 9.88 Å². The van der Waals surface area contributed by atoms with Gasteiger partial charge in [-0.05, 0) is 93.4 Å². The molecule has 6 nitrogen and oxygen atoms in total. The molecular formula is C29H32F4N2O4. The highest BCUT2D eigenvalue weighted by Gasteiger charge is 2.37. The van der Waals surface area contributed by atoms with Crippen molar-refractivity contribution in [2.24, 2.45) is 5.41 Å². The predicted molar refractivity (Wildman–Crippen MR) is 137 cm³/mol. The number of carbonyl (C=O) groups is 1. The van der Waals surface area contributed by atoms with Gasteiger partial charge in [-0.25, -0.2) is 17.6 Å². The van der Waals surface area contributed by atoms with E-state index >= 15 is 0 Å². The number of ether oxygens (including phenoxy) is 1. The second-order valence-corrected chi connectivity index (χ2v) is 10.3. The van der Waals surface area contributed by atoms with Crippen LogP contribution in [-0.4, -0.2) is 52.8 Å². The Labute approximate surface area is 224 Å². The summed E-state index contributed by atoms with van der Waals surface area (Å²) >= 11 is 0. The minimum Gasteiger partial charge on any atom is -0.497 e. The molecule has 0 spiro atoms. The topological polar surface area (TPSA) is 82.9 Å². The average Bonchev–Trinajstić information content (AvgIpc) is 2.90. The van der Waals surface area contributed by atoms with Crippen molar-refractivity contribution in [2.45, 2.75) is 51.0 Å². The first-order valence-electron chi connectivity index (χ1n) is 13.0. The van der Waals surface area contributed by atoms with E-state index in [1.807, 2.05) is 0 Å². The molecule has 1 aromatic heterocycles. The number of hydrogen-bond acceptors (Lipinski definition) is 5. The molecule has 0 aliphatic carbocycles. The average molecular weight is 549 g/mol. The molecule has 0 bridgehead atoms. The molecule has 39 heavy (non-hydrogen) atoms. The third-order valence-corrected chi connectivity index (χ3v) is 7.78. The van der Waals surface area contributed by atoms with E-state index in [4.69, 9.17) is 4.74 Å². The molecule has 0 radical (unpaired) electrons. The van der Waals surface area contributed by atoms with Gasteiger partial charge in [-0.2, -0.15) is 0 Å². The number of aliphatic hydroxyl groups excluding tert-OH is 1. The number of pyridine rings is 1. The Kier molecular flexibility index (Phi) is 9.07. The Morgan fingerprint density at radius 1 is 1.13 bits per heavy atom. The second-order valence-electron chi connectivity index (χ2n) is 10.3. The van der Waals surface area contributed by atoms with E-state index in [1.54, 1.807) is 18.2 Å². The molecule has 1 aliphatic rings. The number of carboxylic acids is 1. The van der Waals surface area contributed by atoms with E-state index in [1.165, 1.54) is 7.11 Å². The van der Waals surface area contributed by atoms with Gasteiger partial charge in [0.1, 0.15) is 17.4 Å². The number of halogens is 4. The maximum atomic E-state index is 14.8. The van der Waals surface area contributed by atoms with Crippen LogP contribution in [0, 0.1) is 28.7 Å². The highest BCUT2D eigenvalue weighted by molar-refractivity contribution is 5.84. The number of aliphatic hydroxyl groups is 1. The van der Waals surface area contributed by atoms with Crippen molar-refractivity contribution in [1.29, 1.82) is 0 Å². The Bertz CT molecular complexity index is 1330. The van der Waals surface area contributed by atoms with Crippen LogP contribution in [-0.2, 0) is 11.2 Å². The molecule has 4 rings (SSSR count). The first-order chi connectivity index (χ1) is 18.6. The van der Waals surface area contributed by atoms with Crippen molar-refractivity contribution in [2.75, 3.05) is 26.7 Å². The molecule has 2 N–H and O–H groups in total. The Hall–Kier alpha value is -3.24. The lowest BCUT2D eigenvalue weighted by Gasteiger charge is -2.41. The summed E-state index contributed by atoms with van der Waals surface area (Å²) in [5.41, 5.74) is 0.0497. The van der Waals surface area contributed by atoms with Gasteiger partial charge in [-0.15, -0.1) is 0 Å². The predicted octanol–water partition coefficient (Wildman–Crippen LogP) is 5.80. The zero-order valence-electron chi connectivity index (χ0n) is 21.7. The molecule has 1 atom stereocenters. The van der Waals surface area contributed by atoms with Crippen molar-refractivity contribution in [3.8, 4) is 5.75 Å². The lowest BCUT2D eigenvalue weighted by molar-refractivity contribution is -0.141. The molecule has 1 aliphatic heterocycles. The van der Waals surface area contributed by atoms with Gasteiger partial charge >= 0.3 is 5.97 Å². The summed E-state index contributed by atoms with van der Waals surface area (Å²) < 4.78 is 60.9. The lowest BCUT2D eigenvalue weighted by atomic mass is 9.71. The van der Waals surface area contributed by atoms with E-state index in [0.29, 0.717) is 68.0 Å². The zero-order chi connectivity index (χ0) is 28.2. The van der Waals surface area contributed by atoms with Gasteiger partial charge in [0, 0.05) is 17.0 Å².